The number of carbonyl (C=O) groups is 3. The lowest BCUT2D eigenvalue weighted by Gasteiger charge is -2.25. The molecule has 0 aromatic heterocycles. The van der Waals surface area contributed by atoms with Crippen molar-refractivity contribution in [1.82, 2.24) is 15.5 Å². The molecule has 1 aliphatic heterocycles. The molecule has 2 rings (SSSR count). The molecule has 3 N–H and O–H groups in total. The molecule has 10 nitrogen and oxygen atoms in total. The Hall–Kier alpha value is -2.03. The quantitative estimate of drug-likeness (QED) is 0.0711. The summed E-state index contributed by atoms with van der Waals surface area (Å²) in [5.41, 5.74) is 1.74. The molecule has 1 heterocycles. The van der Waals surface area contributed by atoms with Crippen LogP contribution in [0.25, 0.3) is 0 Å². The van der Waals surface area contributed by atoms with Gasteiger partial charge in [0.2, 0.25) is 5.91 Å². The third-order valence-corrected chi connectivity index (χ3v) is 8.92. The predicted octanol–water partition coefficient (Wildman–Crippen LogP) is 4.26. The average Bonchev–Trinajstić information content (AvgIpc) is 3.28. The van der Waals surface area contributed by atoms with E-state index in [0.29, 0.717) is 6.42 Å². The standard InChI is InChI=1S/C30H46IN3O7S/c1-22-8-7-9-23(18-22)19-24(31-39)10-11-25-12-13-27(36)34(25)14-17-42-16-6-5-15-40-28(37)21-32-26(35)20-33-29(38)41-30(2,3)4/h7-11,18,24-25,27,36H,5-6,12-17,19-21H2,1-4H3,(H,32,35)(H,33,38)/b11-10+/t24-,25+,27?/m1/s1. The second kappa shape index (κ2) is 19.3. The van der Waals surface area contributed by atoms with Gasteiger partial charge in [0.05, 0.1) is 10.5 Å². The van der Waals surface area contributed by atoms with Gasteiger partial charge in [-0.3, -0.25) is 17.6 Å². The van der Waals surface area contributed by atoms with Crippen molar-refractivity contribution in [3.05, 3.63) is 47.5 Å². The number of halogens is 1. The van der Waals surface area contributed by atoms with Crippen LogP contribution in [0.1, 0.15) is 57.6 Å². The van der Waals surface area contributed by atoms with Gasteiger partial charge in [-0.25, -0.2) is 4.79 Å². The van der Waals surface area contributed by atoms with Crippen molar-refractivity contribution in [3.63, 3.8) is 0 Å². The van der Waals surface area contributed by atoms with E-state index in [-0.39, 0.29) is 29.7 Å². The van der Waals surface area contributed by atoms with Crippen LogP contribution < -0.4 is 10.6 Å². The molecule has 1 fully saturated rings. The topological polar surface area (TPSA) is 134 Å². The van der Waals surface area contributed by atoms with Gasteiger partial charge in [-0.2, -0.15) is 11.8 Å². The van der Waals surface area contributed by atoms with Crippen LogP contribution in [0, 0.1) is 6.92 Å². The minimum atomic E-state index is -1.17. The second-order valence-corrected chi connectivity index (χ2v) is 14.6. The largest absolute Gasteiger partial charge is 0.464 e. The van der Waals surface area contributed by atoms with Crippen molar-refractivity contribution in [2.75, 3.05) is 37.7 Å². The molecule has 1 aromatic rings. The van der Waals surface area contributed by atoms with E-state index in [0.717, 1.165) is 43.7 Å². The molecule has 1 aliphatic rings. The van der Waals surface area contributed by atoms with Gasteiger partial charge >= 0.3 is 12.1 Å². The highest BCUT2D eigenvalue weighted by atomic mass is 127. The Bertz CT molecular complexity index is 1050. The smallest absolute Gasteiger partial charge is 0.408 e. The van der Waals surface area contributed by atoms with Crippen LogP contribution in [0.2, 0.25) is 0 Å². The van der Waals surface area contributed by atoms with Gasteiger partial charge in [-0.15, -0.1) is 0 Å². The fourth-order valence-corrected chi connectivity index (χ4v) is 6.40. The molecule has 0 spiro atoms. The van der Waals surface area contributed by atoms with Crippen molar-refractivity contribution < 1.29 is 32.0 Å². The highest BCUT2D eigenvalue weighted by Crippen LogP contribution is 2.25. The summed E-state index contributed by atoms with van der Waals surface area (Å²) >= 11 is 0.624. The Balaban J connectivity index is 1.56. The summed E-state index contributed by atoms with van der Waals surface area (Å²) in [6.07, 6.45) is 7.05. The van der Waals surface area contributed by atoms with Gasteiger partial charge in [-0.1, -0.05) is 42.0 Å². The number of aliphatic hydroxyl groups excluding tert-OH is 1. The van der Waals surface area contributed by atoms with E-state index in [4.69, 9.17) is 9.47 Å². The van der Waals surface area contributed by atoms with E-state index in [2.05, 4.69) is 52.8 Å². The van der Waals surface area contributed by atoms with Crippen LogP contribution in [0.3, 0.4) is 0 Å². The van der Waals surface area contributed by atoms with Gasteiger partial charge in [-0.05, 0) is 71.1 Å². The van der Waals surface area contributed by atoms with Crippen molar-refractivity contribution in [3.8, 4) is 0 Å². The van der Waals surface area contributed by atoms with Crippen LogP contribution >= 0.6 is 33.0 Å². The molecule has 0 aliphatic carbocycles. The number of likely N-dealkylation sites (tertiary alicyclic amines) is 1. The lowest BCUT2D eigenvalue weighted by Crippen LogP contribution is -2.41. The highest BCUT2D eigenvalue weighted by molar-refractivity contribution is 14.1. The zero-order valence-corrected chi connectivity index (χ0v) is 28.1. The van der Waals surface area contributed by atoms with E-state index in [9.17, 15) is 22.6 Å². The van der Waals surface area contributed by atoms with Gasteiger partial charge in [0.25, 0.3) is 0 Å². The van der Waals surface area contributed by atoms with Crippen molar-refractivity contribution >= 4 is 50.9 Å². The van der Waals surface area contributed by atoms with Crippen molar-refractivity contribution in [2.45, 2.75) is 81.6 Å². The normalized spacial score (nSPS) is 18.1. The Kier molecular flexibility index (Phi) is 16.6. The Labute approximate surface area is 264 Å². The number of hydrogen-bond donors (Lipinski definition) is 3. The summed E-state index contributed by atoms with van der Waals surface area (Å²) in [5, 5.41) is 15.2. The van der Waals surface area contributed by atoms with Crippen LogP contribution in [0.15, 0.2) is 36.4 Å². The number of alkyl carbamates (subject to hydrolysis) is 1. The van der Waals surface area contributed by atoms with E-state index < -0.39 is 51.0 Å². The fourth-order valence-electron chi connectivity index (χ4n) is 4.35. The van der Waals surface area contributed by atoms with Gasteiger partial charge < -0.3 is 25.2 Å². The van der Waals surface area contributed by atoms with Gasteiger partial charge in [0.15, 0.2) is 21.2 Å². The summed E-state index contributed by atoms with van der Waals surface area (Å²) in [5.74, 6) is 0.750. The number of amides is 2. The maximum absolute atomic E-state index is 11.9. The number of esters is 1. The number of thioether (sulfide) groups is 1. The van der Waals surface area contributed by atoms with Crippen LogP contribution in [-0.4, -0.2) is 87.5 Å². The van der Waals surface area contributed by atoms with Gasteiger partial charge in [0.1, 0.15) is 24.9 Å². The first-order valence-corrected chi connectivity index (χ1v) is 17.6. The third-order valence-electron chi connectivity index (χ3n) is 6.36. The zero-order chi connectivity index (χ0) is 31.0. The number of nitrogens with one attached hydrogen (secondary N) is 2. The predicted molar refractivity (Wildman–Crippen MR) is 173 cm³/mol. The first-order chi connectivity index (χ1) is 20.0. The Morgan fingerprint density at radius 2 is 1.95 bits per heavy atom. The van der Waals surface area contributed by atoms with E-state index in [1.165, 1.54) is 11.1 Å². The van der Waals surface area contributed by atoms with E-state index >= 15 is 0 Å². The average molecular weight is 720 g/mol. The zero-order valence-electron chi connectivity index (χ0n) is 25.1. The number of carbonyl (C=O) groups excluding carboxylic acids is 3. The van der Waals surface area contributed by atoms with Crippen LogP contribution in [-0.2, 0) is 28.6 Å². The molecule has 42 heavy (non-hydrogen) atoms. The lowest BCUT2D eigenvalue weighted by molar-refractivity contribution is -0.143. The monoisotopic (exact) mass is 719 g/mol. The molecule has 0 bridgehead atoms. The number of unbranched alkanes of at least 4 members (excludes halogenated alkanes) is 1. The maximum atomic E-state index is 11.9. The Morgan fingerprint density at radius 1 is 1.17 bits per heavy atom. The number of aliphatic hydroxyl groups is 1. The van der Waals surface area contributed by atoms with E-state index in [1.807, 2.05) is 6.07 Å². The summed E-state index contributed by atoms with van der Waals surface area (Å²) in [4.78, 5) is 37.3. The molecule has 0 saturated carbocycles. The van der Waals surface area contributed by atoms with Crippen molar-refractivity contribution in [2.24, 2.45) is 0 Å². The summed E-state index contributed by atoms with van der Waals surface area (Å²) < 4.78 is 22.1. The molecule has 236 valence electrons. The fraction of sp³-hybridized carbons (Fsp3) is 0.633. The first kappa shape index (κ1) is 36.2. The summed E-state index contributed by atoms with van der Waals surface area (Å²) in [6.45, 7) is 7.71. The highest BCUT2D eigenvalue weighted by Gasteiger charge is 2.30. The number of rotatable bonds is 17. The van der Waals surface area contributed by atoms with Crippen LogP contribution in [0.5, 0.6) is 0 Å². The maximum Gasteiger partial charge on any atom is 0.408 e. The molecule has 1 aromatic carbocycles. The number of aryl methyl sites for hydroxylation is 1. The van der Waals surface area contributed by atoms with E-state index in [1.54, 1.807) is 32.5 Å². The molecular formula is C30H46IN3O7S. The minimum absolute atomic E-state index is 0.0473. The van der Waals surface area contributed by atoms with Crippen LogP contribution in [0.4, 0.5) is 4.79 Å². The molecule has 1 unspecified atom stereocenters. The number of ether oxygens (including phenoxy) is 2. The molecule has 3 atom stereocenters. The number of alkyl halides is 1. The lowest BCUT2D eigenvalue weighted by atomic mass is 10.1. The minimum Gasteiger partial charge on any atom is -0.464 e. The second-order valence-electron chi connectivity index (χ2n) is 11.2. The Morgan fingerprint density at radius 3 is 2.67 bits per heavy atom. The summed E-state index contributed by atoms with van der Waals surface area (Å²) in [7, 11) is 0. The number of benzene rings is 1. The molecule has 12 heteroatoms. The molecule has 1 saturated heterocycles. The molecular weight excluding hydrogens is 673 g/mol. The molecule has 0 radical (unpaired) electrons. The number of allylic oxidation sites excluding steroid dienone is 1. The SMILES string of the molecule is Cc1cccc(C[C@@H](/C=C/[C@H]2CCC(O)N2CCSCCCCOC(=O)CNC(=O)CNC(=O)OC(C)(C)C)I=O)c1. The number of nitrogens with zero attached hydrogens (tertiary/aromatic N) is 1. The third kappa shape index (κ3) is 15.4. The van der Waals surface area contributed by atoms with Crippen molar-refractivity contribution in [1.29, 1.82) is 0 Å². The van der Waals surface area contributed by atoms with Gasteiger partial charge in [0, 0.05) is 18.3 Å². The first-order valence-electron chi connectivity index (χ1n) is 14.4. The summed E-state index contributed by atoms with van der Waals surface area (Å²) in [6, 6.07) is 8.48. The molecule has 2 amide bonds. The number of hydrogen-bond acceptors (Lipinski definition) is 9.